The summed E-state index contributed by atoms with van der Waals surface area (Å²) in [5, 5.41) is 2.88. The van der Waals surface area contributed by atoms with E-state index in [4.69, 9.17) is 9.15 Å². The molecule has 0 unspecified atom stereocenters. The number of nitrogens with one attached hydrogen (secondary N) is 1. The Morgan fingerprint density at radius 1 is 1.00 bits per heavy atom. The van der Waals surface area contributed by atoms with Crippen LogP contribution in [0.5, 0.6) is 0 Å². The molecule has 8 heteroatoms. The van der Waals surface area contributed by atoms with Crippen LogP contribution in [-0.4, -0.2) is 31.6 Å². The van der Waals surface area contributed by atoms with Crippen molar-refractivity contribution in [2.45, 2.75) is 6.92 Å². The highest BCUT2D eigenvalue weighted by Crippen LogP contribution is 2.15. The Hall–Kier alpha value is -3.94. The minimum absolute atomic E-state index is 0.255. The van der Waals surface area contributed by atoms with E-state index in [-0.39, 0.29) is 16.8 Å². The molecule has 0 bridgehead atoms. The molecular weight excluding hydrogens is 378 g/mol. The van der Waals surface area contributed by atoms with Crippen molar-refractivity contribution < 1.29 is 28.3 Å². The van der Waals surface area contributed by atoms with Crippen molar-refractivity contribution in [2.75, 3.05) is 19.0 Å². The van der Waals surface area contributed by atoms with Gasteiger partial charge in [-0.3, -0.25) is 9.59 Å². The molecule has 0 radical (unpaired) electrons. The molecule has 2 aromatic carbocycles. The van der Waals surface area contributed by atoms with Crippen molar-refractivity contribution in [3.05, 3.63) is 75.6 Å². The first-order valence-corrected chi connectivity index (χ1v) is 8.57. The molecule has 0 aliphatic rings. The van der Waals surface area contributed by atoms with Gasteiger partial charge in [-0.1, -0.05) is 11.6 Å². The van der Waals surface area contributed by atoms with Crippen molar-refractivity contribution in [1.29, 1.82) is 0 Å². The standard InChI is InChI=1S/C21H17NO7/c1-12-3-8-17-15(9-12)16(23)10-18(29-17)21(26)28-11-19(24)22-14-6-4-13(5-7-14)20(25)27-2/h3-10H,11H2,1-2H3,(H,22,24). The Kier molecular flexibility index (Phi) is 5.73. The predicted octanol–water partition coefficient (Wildman–Crippen LogP) is 2.68. The summed E-state index contributed by atoms with van der Waals surface area (Å²) in [4.78, 5) is 47.6. The van der Waals surface area contributed by atoms with E-state index >= 15 is 0 Å². The van der Waals surface area contributed by atoms with Gasteiger partial charge >= 0.3 is 11.9 Å². The SMILES string of the molecule is COC(=O)c1ccc(NC(=O)COC(=O)c2cc(=O)c3cc(C)ccc3o2)cc1. The van der Waals surface area contributed by atoms with Gasteiger partial charge in [0.25, 0.3) is 5.91 Å². The van der Waals surface area contributed by atoms with Crippen molar-refractivity contribution in [3.63, 3.8) is 0 Å². The lowest BCUT2D eigenvalue weighted by atomic mass is 10.1. The van der Waals surface area contributed by atoms with E-state index in [1.807, 2.05) is 6.92 Å². The van der Waals surface area contributed by atoms with Crippen LogP contribution in [0.4, 0.5) is 5.69 Å². The molecule has 29 heavy (non-hydrogen) atoms. The van der Waals surface area contributed by atoms with E-state index in [9.17, 15) is 19.2 Å². The number of hydrogen-bond donors (Lipinski definition) is 1. The number of hydrogen-bond acceptors (Lipinski definition) is 7. The van der Waals surface area contributed by atoms with Crippen molar-refractivity contribution in [2.24, 2.45) is 0 Å². The van der Waals surface area contributed by atoms with Crippen LogP contribution in [0, 0.1) is 6.92 Å². The maximum absolute atomic E-state index is 12.2. The zero-order valence-corrected chi connectivity index (χ0v) is 15.7. The van der Waals surface area contributed by atoms with Gasteiger partial charge in [-0.15, -0.1) is 0 Å². The van der Waals surface area contributed by atoms with Crippen LogP contribution >= 0.6 is 0 Å². The zero-order valence-electron chi connectivity index (χ0n) is 15.7. The highest BCUT2D eigenvalue weighted by molar-refractivity contribution is 5.96. The Labute approximate surface area is 165 Å². The van der Waals surface area contributed by atoms with Gasteiger partial charge in [-0.05, 0) is 43.3 Å². The lowest BCUT2D eigenvalue weighted by molar-refractivity contribution is -0.119. The van der Waals surface area contributed by atoms with Crippen LogP contribution < -0.4 is 10.7 Å². The molecule has 0 aliphatic heterocycles. The average Bonchev–Trinajstić information content (AvgIpc) is 2.72. The van der Waals surface area contributed by atoms with Gasteiger partial charge in [0.05, 0.1) is 18.1 Å². The van der Waals surface area contributed by atoms with E-state index in [1.165, 1.54) is 31.4 Å². The van der Waals surface area contributed by atoms with E-state index in [2.05, 4.69) is 10.1 Å². The van der Waals surface area contributed by atoms with E-state index in [0.717, 1.165) is 11.6 Å². The number of ether oxygens (including phenoxy) is 2. The van der Waals surface area contributed by atoms with Crippen LogP contribution in [0.3, 0.4) is 0 Å². The first-order valence-electron chi connectivity index (χ1n) is 8.57. The molecular formula is C21H17NO7. The smallest absolute Gasteiger partial charge is 0.374 e. The molecule has 0 atom stereocenters. The third kappa shape index (κ3) is 4.67. The number of carbonyl (C=O) groups is 3. The predicted molar refractivity (Wildman–Crippen MR) is 104 cm³/mol. The summed E-state index contributed by atoms with van der Waals surface area (Å²) in [5.41, 5.74) is 1.50. The van der Waals surface area contributed by atoms with Crippen LogP contribution in [0.1, 0.15) is 26.5 Å². The van der Waals surface area contributed by atoms with Crippen LogP contribution in [0.2, 0.25) is 0 Å². The molecule has 0 fully saturated rings. The molecule has 1 heterocycles. The molecule has 0 saturated carbocycles. The number of esters is 2. The number of fused-ring (bicyclic) bond motifs is 1. The molecule has 1 amide bonds. The van der Waals surface area contributed by atoms with Gasteiger partial charge in [0.2, 0.25) is 5.76 Å². The monoisotopic (exact) mass is 395 g/mol. The minimum Gasteiger partial charge on any atom is -0.465 e. The second-order valence-corrected chi connectivity index (χ2v) is 6.17. The lowest BCUT2D eigenvalue weighted by Crippen LogP contribution is -2.21. The van der Waals surface area contributed by atoms with Gasteiger partial charge in [0.1, 0.15) is 5.58 Å². The summed E-state index contributed by atoms with van der Waals surface area (Å²) in [5.74, 6) is -2.31. The highest BCUT2D eigenvalue weighted by Gasteiger charge is 2.16. The molecule has 0 aliphatic carbocycles. The third-order valence-corrected chi connectivity index (χ3v) is 4.01. The zero-order chi connectivity index (χ0) is 21.0. The molecule has 0 saturated heterocycles. The second kappa shape index (κ2) is 8.39. The fraction of sp³-hybridized carbons (Fsp3) is 0.143. The molecule has 3 aromatic rings. The normalized spacial score (nSPS) is 10.4. The van der Waals surface area contributed by atoms with E-state index in [1.54, 1.807) is 18.2 Å². The van der Waals surface area contributed by atoms with E-state index < -0.39 is 24.5 Å². The summed E-state index contributed by atoms with van der Waals surface area (Å²) in [7, 11) is 1.27. The first kappa shape index (κ1) is 19.8. The summed E-state index contributed by atoms with van der Waals surface area (Å²) >= 11 is 0. The lowest BCUT2D eigenvalue weighted by Gasteiger charge is -2.07. The van der Waals surface area contributed by atoms with Gasteiger partial charge in [-0.25, -0.2) is 9.59 Å². The summed E-state index contributed by atoms with van der Waals surface area (Å²) in [6, 6.07) is 12.0. The van der Waals surface area contributed by atoms with E-state index in [0.29, 0.717) is 16.6 Å². The molecule has 3 rings (SSSR count). The topological polar surface area (TPSA) is 112 Å². The van der Waals surface area contributed by atoms with Gasteiger partial charge < -0.3 is 19.2 Å². The van der Waals surface area contributed by atoms with Crippen LogP contribution in [0.25, 0.3) is 11.0 Å². The fourth-order valence-electron chi connectivity index (χ4n) is 2.58. The first-order chi connectivity index (χ1) is 13.9. The van der Waals surface area contributed by atoms with Crippen LogP contribution in [-0.2, 0) is 14.3 Å². The fourth-order valence-corrected chi connectivity index (χ4v) is 2.58. The third-order valence-electron chi connectivity index (χ3n) is 4.01. The number of methoxy groups -OCH3 is 1. The number of aryl methyl sites for hydroxylation is 1. The number of anilines is 1. The van der Waals surface area contributed by atoms with Crippen molar-refractivity contribution in [3.8, 4) is 0 Å². The Morgan fingerprint density at radius 3 is 2.41 bits per heavy atom. The van der Waals surface area contributed by atoms with Crippen LogP contribution in [0.15, 0.2) is 57.7 Å². The second-order valence-electron chi connectivity index (χ2n) is 6.17. The summed E-state index contributed by atoms with van der Waals surface area (Å²) < 4.78 is 14.9. The Bertz CT molecular complexity index is 1150. The number of amides is 1. The maximum Gasteiger partial charge on any atom is 0.374 e. The molecule has 1 N–H and O–H groups in total. The van der Waals surface area contributed by atoms with Crippen molar-refractivity contribution >= 4 is 34.5 Å². The Balaban J connectivity index is 1.62. The van der Waals surface area contributed by atoms with Gasteiger partial charge in [-0.2, -0.15) is 0 Å². The highest BCUT2D eigenvalue weighted by atomic mass is 16.5. The Morgan fingerprint density at radius 2 is 1.72 bits per heavy atom. The maximum atomic E-state index is 12.2. The number of carbonyl (C=O) groups excluding carboxylic acids is 3. The summed E-state index contributed by atoms with van der Waals surface area (Å²) in [6.07, 6.45) is 0. The number of benzene rings is 2. The quantitative estimate of drug-likeness (QED) is 0.661. The van der Waals surface area contributed by atoms with Crippen molar-refractivity contribution in [1.82, 2.24) is 0 Å². The largest absolute Gasteiger partial charge is 0.465 e. The molecule has 148 valence electrons. The number of rotatable bonds is 5. The molecule has 1 aromatic heterocycles. The summed E-state index contributed by atoms with van der Waals surface area (Å²) in [6.45, 7) is 1.26. The average molecular weight is 395 g/mol. The van der Waals surface area contributed by atoms with Gasteiger partial charge in [0.15, 0.2) is 12.0 Å². The molecule has 0 spiro atoms. The molecule has 8 nitrogen and oxygen atoms in total. The minimum atomic E-state index is -0.930. The van der Waals surface area contributed by atoms with Gasteiger partial charge in [0, 0.05) is 11.8 Å².